The molecule has 0 aliphatic heterocycles. The molecule has 1 heterocycles. The summed E-state index contributed by atoms with van der Waals surface area (Å²) in [7, 11) is 0. The molecule has 0 amide bonds. The molecule has 0 fully saturated rings. The number of hydrogen-bond acceptors (Lipinski definition) is 4. The number of ether oxygens (including phenoxy) is 1. The summed E-state index contributed by atoms with van der Waals surface area (Å²) < 4.78 is 6.60. The molecule has 0 atom stereocenters. The summed E-state index contributed by atoms with van der Waals surface area (Å²) >= 11 is 6.91. The topological polar surface area (TPSA) is 46.2 Å². The molecule has 24 heavy (non-hydrogen) atoms. The van der Waals surface area contributed by atoms with Gasteiger partial charge in [0.2, 0.25) is 0 Å². The molecule has 0 bridgehead atoms. The van der Waals surface area contributed by atoms with Crippen molar-refractivity contribution in [1.82, 2.24) is 10.3 Å². The van der Waals surface area contributed by atoms with Gasteiger partial charge in [-0.25, -0.2) is 4.98 Å². The standard InChI is InChI=1S/C18H19N3OS2/c1-2-22-14-8-9-15-16(12-14)24-18(20-15)21-17(23)19-11-10-13-6-4-3-5-7-13/h3-9,12H,2,10-11H2,1H3,(H2,19,20,21,23). The molecule has 0 saturated heterocycles. The maximum absolute atomic E-state index is 5.52. The van der Waals surface area contributed by atoms with Gasteiger partial charge in [0.15, 0.2) is 10.2 Å². The van der Waals surface area contributed by atoms with E-state index in [2.05, 4.69) is 27.8 Å². The molecule has 0 aliphatic carbocycles. The Morgan fingerprint density at radius 1 is 1.21 bits per heavy atom. The highest BCUT2D eigenvalue weighted by Gasteiger charge is 2.06. The third-order valence-corrected chi connectivity index (χ3v) is 4.61. The Hall–Kier alpha value is -2.18. The number of nitrogens with one attached hydrogen (secondary N) is 2. The Kier molecular flexibility index (Phi) is 5.61. The first kappa shape index (κ1) is 16.7. The van der Waals surface area contributed by atoms with E-state index >= 15 is 0 Å². The summed E-state index contributed by atoms with van der Waals surface area (Å²) in [4.78, 5) is 4.54. The van der Waals surface area contributed by atoms with Gasteiger partial charge in [0, 0.05) is 6.54 Å². The lowest BCUT2D eigenvalue weighted by Crippen LogP contribution is -2.30. The van der Waals surface area contributed by atoms with Crippen LogP contribution in [-0.2, 0) is 6.42 Å². The Morgan fingerprint density at radius 3 is 2.83 bits per heavy atom. The zero-order chi connectivity index (χ0) is 16.8. The van der Waals surface area contributed by atoms with Crippen molar-refractivity contribution in [3.05, 3.63) is 54.1 Å². The van der Waals surface area contributed by atoms with Crippen LogP contribution in [0.15, 0.2) is 48.5 Å². The van der Waals surface area contributed by atoms with Gasteiger partial charge < -0.3 is 15.4 Å². The van der Waals surface area contributed by atoms with Crippen molar-refractivity contribution in [2.24, 2.45) is 0 Å². The predicted molar refractivity (Wildman–Crippen MR) is 105 cm³/mol. The van der Waals surface area contributed by atoms with E-state index in [1.54, 1.807) is 11.3 Å². The van der Waals surface area contributed by atoms with Crippen molar-refractivity contribution >= 4 is 44.0 Å². The second-order valence-corrected chi connectivity index (χ2v) is 6.64. The monoisotopic (exact) mass is 357 g/mol. The molecular formula is C18H19N3OS2. The third kappa shape index (κ3) is 4.43. The van der Waals surface area contributed by atoms with Crippen molar-refractivity contribution in [3.8, 4) is 5.75 Å². The molecular weight excluding hydrogens is 338 g/mol. The highest BCUT2D eigenvalue weighted by atomic mass is 32.1. The van der Waals surface area contributed by atoms with Crippen LogP contribution >= 0.6 is 23.6 Å². The molecule has 2 N–H and O–H groups in total. The Bertz CT molecular complexity index is 818. The summed E-state index contributed by atoms with van der Waals surface area (Å²) in [5.41, 5.74) is 2.23. The van der Waals surface area contributed by atoms with Crippen LogP contribution < -0.4 is 15.4 Å². The van der Waals surface area contributed by atoms with Crippen molar-refractivity contribution < 1.29 is 4.74 Å². The van der Waals surface area contributed by atoms with E-state index in [1.165, 1.54) is 5.56 Å². The molecule has 3 aromatic rings. The van der Waals surface area contributed by atoms with Gasteiger partial charge in [-0.2, -0.15) is 0 Å². The quantitative estimate of drug-likeness (QED) is 0.647. The van der Waals surface area contributed by atoms with Gasteiger partial charge in [-0.3, -0.25) is 0 Å². The SMILES string of the molecule is CCOc1ccc2nc(NC(=S)NCCc3ccccc3)sc2c1. The highest BCUT2D eigenvalue weighted by Crippen LogP contribution is 2.29. The average Bonchev–Trinajstić information content (AvgIpc) is 2.97. The number of benzene rings is 2. The van der Waals surface area contributed by atoms with Gasteiger partial charge in [-0.05, 0) is 49.3 Å². The summed E-state index contributed by atoms with van der Waals surface area (Å²) in [5, 5.41) is 7.75. The molecule has 0 saturated carbocycles. The number of rotatable bonds is 6. The van der Waals surface area contributed by atoms with Crippen molar-refractivity contribution in [1.29, 1.82) is 0 Å². The van der Waals surface area contributed by atoms with Crippen LogP contribution in [0.3, 0.4) is 0 Å². The van der Waals surface area contributed by atoms with Crippen molar-refractivity contribution in [2.75, 3.05) is 18.5 Å². The lowest BCUT2D eigenvalue weighted by atomic mass is 10.1. The third-order valence-electron chi connectivity index (χ3n) is 3.43. The average molecular weight is 358 g/mol. The second-order valence-electron chi connectivity index (χ2n) is 5.20. The Balaban J connectivity index is 1.55. The first-order valence-corrected chi connectivity index (χ1v) is 9.09. The number of thiocarbonyl (C=S) groups is 1. The van der Waals surface area contributed by atoms with Crippen molar-refractivity contribution in [3.63, 3.8) is 0 Å². The molecule has 4 nitrogen and oxygen atoms in total. The van der Waals surface area contributed by atoms with E-state index in [1.807, 2.05) is 43.3 Å². The first-order valence-electron chi connectivity index (χ1n) is 7.87. The minimum Gasteiger partial charge on any atom is -0.494 e. The van der Waals surface area contributed by atoms with E-state index < -0.39 is 0 Å². The van der Waals surface area contributed by atoms with Crippen molar-refractivity contribution in [2.45, 2.75) is 13.3 Å². The van der Waals surface area contributed by atoms with Gasteiger partial charge in [0.1, 0.15) is 5.75 Å². The van der Waals surface area contributed by atoms with Gasteiger partial charge >= 0.3 is 0 Å². The second kappa shape index (κ2) is 8.08. The van der Waals surface area contributed by atoms with E-state index in [-0.39, 0.29) is 0 Å². The molecule has 3 rings (SSSR count). The largest absolute Gasteiger partial charge is 0.494 e. The molecule has 0 aliphatic rings. The van der Waals surface area contributed by atoms with Crippen LogP contribution in [0, 0.1) is 0 Å². The normalized spacial score (nSPS) is 10.5. The summed E-state index contributed by atoms with van der Waals surface area (Å²) in [6, 6.07) is 16.2. The maximum Gasteiger partial charge on any atom is 0.190 e. The predicted octanol–water partition coefficient (Wildman–Crippen LogP) is 4.22. The summed E-state index contributed by atoms with van der Waals surface area (Å²) in [6.07, 6.45) is 0.931. The van der Waals surface area contributed by atoms with E-state index in [0.717, 1.165) is 34.1 Å². The Labute approximate surface area is 150 Å². The zero-order valence-corrected chi connectivity index (χ0v) is 15.0. The van der Waals surface area contributed by atoms with Crippen LogP contribution in [-0.4, -0.2) is 23.2 Å². The highest BCUT2D eigenvalue weighted by molar-refractivity contribution is 7.80. The molecule has 124 valence electrons. The van der Waals surface area contributed by atoms with Gasteiger partial charge in [0.25, 0.3) is 0 Å². The van der Waals surface area contributed by atoms with Gasteiger partial charge in [0.05, 0.1) is 16.8 Å². The lowest BCUT2D eigenvalue weighted by molar-refractivity contribution is 0.341. The number of thiazole rings is 1. The lowest BCUT2D eigenvalue weighted by Gasteiger charge is -2.08. The van der Waals surface area contributed by atoms with Crippen LogP contribution in [0.5, 0.6) is 5.75 Å². The maximum atomic E-state index is 5.52. The number of fused-ring (bicyclic) bond motifs is 1. The van der Waals surface area contributed by atoms with Crippen LogP contribution in [0.25, 0.3) is 10.2 Å². The minimum absolute atomic E-state index is 0.593. The number of hydrogen-bond donors (Lipinski definition) is 2. The molecule has 0 unspecified atom stereocenters. The number of anilines is 1. The van der Waals surface area contributed by atoms with Gasteiger partial charge in [-0.15, -0.1) is 0 Å². The fraction of sp³-hybridized carbons (Fsp3) is 0.222. The smallest absolute Gasteiger partial charge is 0.190 e. The minimum atomic E-state index is 0.593. The molecule has 1 aromatic heterocycles. The fourth-order valence-corrected chi connectivity index (χ4v) is 3.48. The van der Waals surface area contributed by atoms with E-state index in [4.69, 9.17) is 17.0 Å². The molecule has 0 spiro atoms. The van der Waals surface area contributed by atoms with Crippen LogP contribution in [0.1, 0.15) is 12.5 Å². The molecule has 0 radical (unpaired) electrons. The van der Waals surface area contributed by atoms with Crippen LogP contribution in [0.4, 0.5) is 5.13 Å². The fourth-order valence-electron chi connectivity index (χ4n) is 2.32. The molecule has 2 aromatic carbocycles. The molecule has 6 heteroatoms. The van der Waals surface area contributed by atoms with Gasteiger partial charge in [-0.1, -0.05) is 41.7 Å². The first-order chi connectivity index (χ1) is 11.7. The van der Waals surface area contributed by atoms with Crippen LogP contribution in [0.2, 0.25) is 0 Å². The van der Waals surface area contributed by atoms with E-state index in [0.29, 0.717) is 11.7 Å². The summed E-state index contributed by atoms with van der Waals surface area (Å²) in [6.45, 7) is 3.42. The summed E-state index contributed by atoms with van der Waals surface area (Å²) in [5.74, 6) is 0.865. The number of aromatic nitrogens is 1. The Morgan fingerprint density at radius 2 is 2.04 bits per heavy atom. The van der Waals surface area contributed by atoms with E-state index in [9.17, 15) is 0 Å². The zero-order valence-electron chi connectivity index (χ0n) is 13.4. The number of nitrogens with zero attached hydrogens (tertiary/aromatic N) is 1.